The van der Waals surface area contributed by atoms with E-state index in [1.807, 2.05) is 36.1 Å². The first kappa shape index (κ1) is 14.3. The van der Waals surface area contributed by atoms with Crippen molar-refractivity contribution in [1.82, 2.24) is 14.9 Å². The van der Waals surface area contributed by atoms with Crippen molar-refractivity contribution < 1.29 is 4.79 Å². The fraction of sp³-hybridized carbons (Fsp3) is 0.312. The third kappa shape index (κ3) is 3.33. The molecule has 114 valence electrons. The van der Waals surface area contributed by atoms with Gasteiger partial charge in [0, 0.05) is 50.0 Å². The summed E-state index contributed by atoms with van der Waals surface area (Å²) >= 11 is 0. The molecular formula is C16H19N5O. The van der Waals surface area contributed by atoms with E-state index in [0.717, 1.165) is 30.3 Å². The number of pyridine rings is 2. The van der Waals surface area contributed by atoms with Gasteiger partial charge in [-0.05, 0) is 31.2 Å². The molecule has 0 radical (unpaired) electrons. The summed E-state index contributed by atoms with van der Waals surface area (Å²) in [6.45, 7) is 4.86. The number of amides is 2. The second-order valence-corrected chi connectivity index (χ2v) is 5.28. The van der Waals surface area contributed by atoms with E-state index < -0.39 is 0 Å². The number of nitrogens with zero attached hydrogens (tertiary/aromatic N) is 4. The topological polar surface area (TPSA) is 61.4 Å². The van der Waals surface area contributed by atoms with E-state index in [0.29, 0.717) is 13.1 Å². The average molecular weight is 297 g/mol. The zero-order valence-corrected chi connectivity index (χ0v) is 12.6. The largest absolute Gasteiger partial charge is 0.353 e. The van der Waals surface area contributed by atoms with Crippen molar-refractivity contribution in [3.63, 3.8) is 0 Å². The third-order valence-electron chi connectivity index (χ3n) is 3.69. The van der Waals surface area contributed by atoms with E-state index in [1.165, 1.54) is 0 Å². The number of carbonyl (C=O) groups is 1. The average Bonchev–Trinajstić information content (AvgIpc) is 2.56. The number of aryl methyl sites for hydroxylation is 1. The number of hydrogen-bond acceptors (Lipinski definition) is 4. The molecule has 6 nitrogen and oxygen atoms in total. The number of nitrogens with one attached hydrogen (secondary N) is 1. The highest BCUT2D eigenvalue weighted by atomic mass is 16.2. The molecular weight excluding hydrogens is 278 g/mol. The van der Waals surface area contributed by atoms with E-state index in [1.54, 1.807) is 18.5 Å². The van der Waals surface area contributed by atoms with Crippen LogP contribution in [-0.4, -0.2) is 47.1 Å². The van der Waals surface area contributed by atoms with Gasteiger partial charge in [-0.25, -0.2) is 9.78 Å². The number of urea groups is 1. The van der Waals surface area contributed by atoms with Gasteiger partial charge in [0.15, 0.2) is 0 Å². The molecule has 3 heterocycles. The second kappa shape index (κ2) is 6.43. The molecule has 0 unspecified atom stereocenters. The molecule has 0 aliphatic carbocycles. The number of hydrogen-bond donors (Lipinski definition) is 1. The number of aromatic nitrogens is 2. The lowest BCUT2D eigenvalue weighted by Gasteiger charge is -2.35. The molecule has 2 aromatic rings. The van der Waals surface area contributed by atoms with Gasteiger partial charge in [0.05, 0.1) is 0 Å². The van der Waals surface area contributed by atoms with Crippen molar-refractivity contribution in [3.05, 3.63) is 48.4 Å². The van der Waals surface area contributed by atoms with E-state index in [4.69, 9.17) is 0 Å². The molecule has 0 aromatic carbocycles. The monoisotopic (exact) mass is 297 g/mol. The Kier molecular flexibility index (Phi) is 4.18. The van der Waals surface area contributed by atoms with E-state index in [2.05, 4.69) is 20.2 Å². The number of carbonyl (C=O) groups excluding carboxylic acids is 1. The fourth-order valence-corrected chi connectivity index (χ4v) is 2.51. The maximum Gasteiger partial charge on any atom is 0.321 e. The van der Waals surface area contributed by atoms with Gasteiger partial charge < -0.3 is 15.1 Å². The van der Waals surface area contributed by atoms with E-state index in [9.17, 15) is 4.79 Å². The minimum absolute atomic E-state index is 0.0636. The molecule has 0 spiro atoms. The molecule has 0 saturated carbocycles. The highest BCUT2D eigenvalue weighted by Gasteiger charge is 2.21. The first-order valence-corrected chi connectivity index (χ1v) is 7.37. The van der Waals surface area contributed by atoms with Crippen LogP contribution in [0.4, 0.5) is 16.3 Å². The van der Waals surface area contributed by atoms with Crippen molar-refractivity contribution in [3.8, 4) is 0 Å². The SMILES string of the molecule is Cc1cc(NC(=O)N2CCN(c3ccccn3)CC2)ccn1. The van der Waals surface area contributed by atoms with Gasteiger partial charge in [-0.15, -0.1) is 0 Å². The summed E-state index contributed by atoms with van der Waals surface area (Å²) in [7, 11) is 0. The molecule has 0 bridgehead atoms. The smallest absolute Gasteiger partial charge is 0.321 e. The maximum absolute atomic E-state index is 12.3. The lowest BCUT2D eigenvalue weighted by Crippen LogP contribution is -2.50. The Morgan fingerprint density at radius 2 is 1.91 bits per heavy atom. The van der Waals surface area contributed by atoms with Gasteiger partial charge in [-0.1, -0.05) is 6.07 Å². The van der Waals surface area contributed by atoms with Crippen LogP contribution in [-0.2, 0) is 0 Å². The van der Waals surface area contributed by atoms with Crippen LogP contribution in [0.3, 0.4) is 0 Å². The van der Waals surface area contributed by atoms with Gasteiger partial charge in [0.25, 0.3) is 0 Å². The standard InChI is InChI=1S/C16H19N5O/c1-13-12-14(5-7-17-13)19-16(22)21-10-8-20(9-11-21)15-4-2-3-6-18-15/h2-7,12H,8-11H2,1H3,(H,17,19,22). The Morgan fingerprint density at radius 3 is 2.59 bits per heavy atom. The van der Waals surface area contributed by atoms with Crippen LogP contribution < -0.4 is 10.2 Å². The molecule has 22 heavy (non-hydrogen) atoms. The Morgan fingerprint density at radius 1 is 1.09 bits per heavy atom. The summed E-state index contributed by atoms with van der Waals surface area (Å²) in [4.78, 5) is 24.8. The minimum Gasteiger partial charge on any atom is -0.353 e. The van der Waals surface area contributed by atoms with Crippen molar-refractivity contribution in [2.24, 2.45) is 0 Å². The molecule has 3 rings (SSSR count). The first-order chi connectivity index (χ1) is 10.7. The normalized spacial score (nSPS) is 14.8. The molecule has 1 saturated heterocycles. The van der Waals surface area contributed by atoms with Crippen molar-refractivity contribution in [2.45, 2.75) is 6.92 Å². The summed E-state index contributed by atoms with van der Waals surface area (Å²) in [5.41, 5.74) is 1.67. The van der Waals surface area contributed by atoms with E-state index in [-0.39, 0.29) is 6.03 Å². The Balaban J connectivity index is 1.56. The highest BCUT2D eigenvalue weighted by molar-refractivity contribution is 5.89. The maximum atomic E-state index is 12.3. The first-order valence-electron chi connectivity index (χ1n) is 7.37. The summed E-state index contributed by atoms with van der Waals surface area (Å²) in [6, 6.07) is 9.48. The molecule has 2 amide bonds. The van der Waals surface area contributed by atoms with Gasteiger partial charge in [0.1, 0.15) is 5.82 Å². The summed E-state index contributed by atoms with van der Waals surface area (Å²) in [5.74, 6) is 0.965. The van der Waals surface area contributed by atoms with Crippen LogP contribution in [0, 0.1) is 6.92 Å². The quantitative estimate of drug-likeness (QED) is 0.922. The van der Waals surface area contributed by atoms with Crippen molar-refractivity contribution >= 4 is 17.5 Å². The predicted octanol–water partition coefficient (Wildman–Crippen LogP) is 2.14. The Hall–Kier alpha value is -2.63. The van der Waals surface area contributed by atoms with Gasteiger partial charge in [-0.2, -0.15) is 0 Å². The third-order valence-corrected chi connectivity index (χ3v) is 3.69. The Bertz CT molecular complexity index is 638. The number of piperazine rings is 1. The minimum atomic E-state index is -0.0636. The fourth-order valence-electron chi connectivity index (χ4n) is 2.51. The molecule has 2 aromatic heterocycles. The summed E-state index contributed by atoms with van der Waals surface area (Å²) in [5, 5.41) is 2.92. The zero-order valence-electron chi connectivity index (χ0n) is 12.6. The van der Waals surface area contributed by atoms with Crippen LogP contribution in [0.25, 0.3) is 0 Å². The van der Waals surface area contributed by atoms with Crippen LogP contribution in [0.1, 0.15) is 5.69 Å². The van der Waals surface area contributed by atoms with E-state index >= 15 is 0 Å². The van der Waals surface area contributed by atoms with Gasteiger partial charge in [-0.3, -0.25) is 4.98 Å². The second-order valence-electron chi connectivity index (χ2n) is 5.28. The summed E-state index contributed by atoms with van der Waals surface area (Å²) in [6.07, 6.45) is 3.49. The molecule has 1 fully saturated rings. The van der Waals surface area contributed by atoms with Crippen molar-refractivity contribution in [2.75, 3.05) is 36.4 Å². The Labute approximate surface area is 129 Å². The highest BCUT2D eigenvalue weighted by Crippen LogP contribution is 2.14. The molecule has 1 N–H and O–H groups in total. The van der Waals surface area contributed by atoms with Crippen LogP contribution >= 0.6 is 0 Å². The van der Waals surface area contributed by atoms with Crippen LogP contribution in [0.5, 0.6) is 0 Å². The van der Waals surface area contributed by atoms with Crippen molar-refractivity contribution in [1.29, 1.82) is 0 Å². The molecule has 1 aliphatic heterocycles. The van der Waals surface area contributed by atoms with Gasteiger partial charge in [0.2, 0.25) is 0 Å². The molecule has 6 heteroatoms. The predicted molar refractivity (Wildman–Crippen MR) is 86.0 cm³/mol. The summed E-state index contributed by atoms with van der Waals surface area (Å²) < 4.78 is 0. The van der Waals surface area contributed by atoms with Crippen LogP contribution in [0.2, 0.25) is 0 Å². The number of anilines is 2. The van der Waals surface area contributed by atoms with Gasteiger partial charge >= 0.3 is 6.03 Å². The lowest BCUT2D eigenvalue weighted by molar-refractivity contribution is 0.208. The molecule has 1 aliphatic rings. The van der Waals surface area contributed by atoms with Crippen LogP contribution in [0.15, 0.2) is 42.7 Å². The number of rotatable bonds is 2. The molecule has 0 atom stereocenters. The zero-order chi connectivity index (χ0) is 15.4. The lowest BCUT2D eigenvalue weighted by atomic mass is 10.3.